The van der Waals surface area contributed by atoms with E-state index in [-0.39, 0.29) is 0 Å². The van der Waals surface area contributed by atoms with Crippen LogP contribution in [0.1, 0.15) is 16.7 Å². The van der Waals surface area contributed by atoms with Gasteiger partial charge in [0.25, 0.3) is 0 Å². The summed E-state index contributed by atoms with van der Waals surface area (Å²) in [6, 6.07) is 52.9. The molecule has 0 amide bonds. The number of nitrogens with zero attached hydrogens (tertiary/aromatic N) is 2. The fourth-order valence-corrected chi connectivity index (χ4v) is 5.70. The van der Waals surface area contributed by atoms with Crippen LogP contribution >= 0.6 is 0 Å². The predicted octanol–water partition coefficient (Wildman–Crippen LogP) is 11.3. The van der Waals surface area contributed by atoms with Gasteiger partial charge in [0, 0.05) is 5.56 Å². The Morgan fingerprint density at radius 1 is 0.511 bits per heavy atom. The molecule has 0 fully saturated rings. The maximum absolute atomic E-state index is 4.84. The van der Waals surface area contributed by atoms with Crippen molar-refractivity contribution in [1.29, 1.82) is 0 Å². The van der Waals surface area contributed by atoms with Crippen LogP contribution in [0.3, 0.4) is 0 Å². The summed E-state index contributed by atoms with van der Waals surface area (Å²) in [5.41, 5.74) is 7.31. The molecule has 0 aromatic heterocycles. The standard InChI is InChI=1S/C34H25N.C9H9N/c1-2-34(35-23-24-11-4-3-5-12-24)27-14-10-13-25(21-27)26-19-20-32-30-17-7-6-15-28(30)29-16-8-9-18-31(29)33(32)22-26;1-8(10-2)9-6-4-3-5-7-9/h2-22H,1,23H2;3-7H,1-2H2. The second-order valence-corrected chi connectivity index (χ2v) is 10.8. The Kier molecular flexibility index (Phi) is 8.85. The maximum Gasteiger partial charge on any atom is 0.0647 e. The van der Waals surface area contributed by atoms with Crippen molar-refractivity contribution in [3.8, 4) is 11.1 Å². The Hall–Kier alpha value is -5.86. The summed E-state index contributed by atoms with van der Waals surface area (Å²) in [5.74, 6) is 0. The molecule has 2 nitrogen and oxygen atoms in total. The molecule has 0 saturated heterocycles. The highest BCUT2D eigenvalue weighted by Crippen LogP contribution is 2.37. The molecule has 7 rings (SSSR count). The van der Waals surface area contributed by atoms with Gasteiger partial charge in [0.15, 0.2) is 0 Å². The number of allylic oxidation sites excluding steroid dienone is 1. The molecule has 0 unspecified atom stereocenters. The van der Waals surface area contributed by atoms with E-state index in [9.17, 15) is 0 Å². The quantitative estimate of drug-likeness (QED) is 0.133. The molecule has 0 aliphatic heterocycles. The predicted molar refractivity (Wildman–Crippen MR) is 196 cm³/mol. The summed E-state index contributed by atoms with van der Waals surface area (Å²) >= 11 is 0. The molecule has 0 atom stereocenters. The minimum Gasteiger partial charge on any atom is -0.280 e. The van der Waals surface area contributed by atoms with E-state index >= 15 is 0 Å². The lowest BCUT2D eigenvalue weighted by Gasteiger charge is -2.12. The summed E-state index contributed by atoms with van der Waals surface area (Å²) in [5, 5.41) is 7.75. The van der Waals surface area contributed by atoms with E-state index in [1.807, 2.05) is 54.6 Å². The monoisotopic (exact) mass is 578 g/mol. The third-order valence-corrected chi connectivity index (χ3v) is 8.00. The van der Waals surface area contributed by atoms with Crippen molar-refractivity contribution in [3.63, 3.8) is 0 Å². The molecule has 0 aliphatic carbocycles. The van der Waals surface area contributed by atoms with Gasteiger partial charge < -0.3 is 0 Å². The molecule has 0 heterocycles. The van der Waals surface area contributed by atoms with Gasteiger partial charge in [-0.3, -0.25) is 9.98 Å². The molecule has 216 valence electrons. The molecule has 7 aromatic rings. The second-order valence-electron chi connectivity index (χ2n) is 10.8. The topological polar surface area (TPSA) is 24.7 Å². The number of benzene rings is 7. The fourth-order valence-electron chi connectivity index (χ4n) is 5.70. The van der Waals surface area contributed by atoms with E-state index < -0.39 is 0 Å². The highest BCUT2D eigenvalue weighted by molar-refractivity contribution is 6.25. The van der Waals surface area contributed by atoms with Gasteiger partial charge in [0.1, 0.15) is 0 Å². The summed E-state index contributed by atoms with van der Waals surface area (Å²) in [6.45, 7) is 11.8. The van der Waals surface area contributed by atoms with Crippen molar-refractivity contribution < 1.29 is 0 Å². The first-order valence-corrected chi connectivity index (χ1v) is 15.0. The zero-order chi connectivity index (χ0) is 31.0. The van der Waals surface area contributed by atoms with Crippen LogP contribution in [0.25, 0.3) is 49.1 Å². The summed E-state index contributed by atoms with van der Waals surface area (Å²) in [4.78, 5) is 8.56. The minimum atomic E-state index is 0.640. The van der Waals surface area contributed by atoms with Crippen LogP contribution in [0.5, 0.6) is 0 Å². The number of rotatable bonds is 7. The van der Waals surface area contributed by atoms with E-state index in [0.29, 0.717) is 6.54 Å². The van der Waals surface area contributed by atoms with E-state index in [0.717, 1.165) is 22.5 Å². The molecule has 0 spiro atoms. The fraction of sp³-hybridized carbons (Fsp3) is 0.0233. The Bertz CT molecular complexity index is 2140. The number of fused-ring (bicyclic) bond motifs is 6. The third-order valence-electron chi connectivity index (χ3n) is 8.00. The molecule has 2 heteroatoms. The van der Waals surface area contributed by atoms with Crippen LogP contribution in [0, 0.1) is 0 Å². The molecule has 45 heavy (non-hydrogen) atoms. The highest BCUT2D eigenvalue weighted by Gasteiger charge is 2.10. The first-order valence-electron chi connectivity index (χ1n) is 15.0. The Balaban J connectivity index is 0.000000306. The van der Waals surface area contributed by atoms with E-state index in [1.54, 1.807) is 0 Å². The number of aliphatic imine (C=N–C) groups is 2. The van der Waals surface area contributed by atoms with E-state index in [4.69, 9.17) is 4.99 Å². The van der Waals surface area contributed by atoms with Crippen molar-refractivity contribution in [2.75, 3.05) is 0 Å². The average molecular weight is 579 g/mol. The van der Waals surface area contributed by atoms with Gasteiger partial charge in [0.2, 0.25) is 0 Å². The molecule has 7 aromatic carbocycles. The van der Waals surface area contributed by atoms with Gasteiger partial charge in [-0.1, -0.05) is 153 Å². The Labute approximate surface area is 265 Å². The normalized spacial score (nSPS) is 11.2. The van der Waals surface area contributed by atoms with Crippen LogP contribution in [-0.4, -0.2) is 12.4 Å². The highest BCUT2D eigenvalue weighted by atomic mass is 14.7. The molecule has 0 aliphatic rings. The zero-order valence-corrected chi connectivity index (χ0v) is 25.2. The lowest BCUT2D eigenvalue weighted by molar-refractivity contribution is 1.07. The largest absolute Gasteiger partial charge is 0.280 e. The molecule has 0 bridgehead atoms. The molecular formula is C43H34N2. The van der Waals surface area contributed by atoms with Gasteiger partial charge >= 0.3 is 0 Å². The van der Waals surface area contributed by atoms with Crippen molar-refractivity contribution in [1.82, 2.24) is 0 Å². The zero-order valence-electron chi connectivity index (χ0n) is 25.2. The number of hydrogen-bond donors (Lipinski definition) is 0. The Morgan fingerprint density at radius 2 is 1.02 bits per heavy atom. The minimum absolute atomic E-state index is 0.640. The van der Waals surface area contributed by atoms with Crippen molar-refractivity contribution in [2.45, 2.75) is 6.54 Å². The molecular weight excluding hydrogens is 544 g/mol. The van der Waals surface area contributed by atoms with Crippen molar-refractivity contribution >= 4 is 50.4 Å². The molecule has 0 saturated carbocycles. The molecule has 0 radical (unpaired) electrons. The lowest BCUT2D eigenvalue weighted by Crippen LogP contribution is -1.98. The summed E-state index contributed by atoms with van der Waals surface area (Å²) in [7, 11) is 0. The van der Waals surface area contributed by atoms with Crippen molar-refractivity contribution in [3.05, 3.63) is 188 Å². The van der Waals surface area contributed by atoms with Crippen LogP contribution in [0.2, 0.25) is 0 Å². The third kappa shape index (κ3) is 6.41. The Morgan fingerprint density at radius 3 is 1.62 bits per heavy atom. The number of hydrogen-bond acceptors (Lipinski definition) is 2. The first kappa shape index (κ1) is 29.2. The second kappa shape index (κ2) is 13.6. The van der Waals surface area contributed by atoms with Gasteiger partial charge in [-0.05, 0) is 79.5 Å². The lowest BCUT2D eigenvalue weighted by atomic mass is 9.91. The first-order chi connectivity index (χ1) is 22.2. The SMILES string of the molecule is C=CC(=NCc1ccccc1)c1cccc(-c2ccc3c4ccccc4c4ccccc4c3c2)c1.C=NC(=C)c1ccccc1. The van der Waals surface area contributed by atoms with Crippen LogP contribution < -0.4 is 0 Å². The average Bonchev–Trinajstić information content (AvgIpc) is 3.12. The van der Waals surface area contributed by atoms with Crippen LogP contribution in [0.15, 0.2) is 181 Å². The summed E-state index contributed by atoms with van der Waals surface area (Å²) < 4.78 is 0. The van der Waals surface area contributed by atoms with Gasteiger partial charge in [-0.25, -0.2) is 0 Å². The van der Waals surface area contributed by atoms with Crippen LogP contribution in [0.4, 0.5) is 0 Å². The maximum atomic E-state index is 4.84. The molecule has 0 N–H and O–H groups in total. The van der Waals surface area contributed by atoms with Gasteiger partial charge in [0.05, 0.1) is 18.0 Å². The van der Waals surface area contributed by atoms with Crippen molar-refractivity contribution in [2.24, 2.45) is 9.98 Å². The van der Waals surface area contributed by atoms with E-state index in [1.165, 1.54) is 49.0 Å². The van der Waals surface area contributed by atoms with E-state index in [2.05, 4.69) is 128 Å². The van der Waals surface area contributed by atoms with Gasteiger partial charge in [-0.2, -0.15) is 0 Å². The summed E-state index contributed by atoms with van der Waals surface area (Å²) in [6.07, 6.45) is 1.85. The van der Waals surface area contributed by atoms with Gasteiger partial charge in [-0.15, -0.1) is 0 Å². The van der Waals surface area contributed by atoms with Crippen LogP contribution in [-0.2, 0) is 6.54 Å². The smallest absolute Gasteiger partial charge is 0.0647 e.